The number of imidazole rings is 1. The molecule has 0 radical (unpaired) electrons. The molecular weight excluding hydrogens is 448 g/mol. The molecule has 0 fully saturated rings. The standard InChI is InChI=1S/C18H20FN5O.HI/c1-20-18(22-7-6-15-3-2-10-25-15)23-12-14-4-5-17(16(19)11-14)24-9-8-21-13-24;/h2-5,8-11,13H,6-7,12H2,1H3,(H2,20,22,23);1H. The highest BCUT2D eigenvalue weighted by atomic mass is 127. The number of hydrogen-bond acceptors (Lipinski definition) is 3. The van der Waals surface area contributed by atoms with Crippen LogP contribution in [0.2, 0.25) is 0 Å². The Balaban J connectivity index is 0.00000243. The summed E-state index contributed by atoms with van der Waals surface area (Å²) >= 11 is 0. The molecule has 26 heavy (non-hydrogen) atoms. The SMILES string of the molecule is CN=C(NCCc1ccco1)NCc1ccc(-n2ccnc2)c(F)c1.I. The van der Waals surface area contributed by atoms with Gasteiger partial charge in [0, 0.05) is 39.0 Å². The third-order valence-corrected chi connectivity index (χ3v) is 3.72. The highest BCUT2D eigenvalue weighted by Gasteiger charge is 2.06. The zero-order chi connectivity index (χ0) is 17.5. The Morgan fingerprint density at radius 2 is 2.19 bits per heavy atom. The van der Waals surface area contributed by atoms with Gasteiger partial charge in [0.05, 0.1) is 18.3 Å². The van der Waals surface area contributed by atoms with Crippen molar-refractivity contribution in [1.82, 2.24) is 20.2 Å². The van der Waals surface area contributed by atoms with Gasteiger partial charge in [-0.2, -0.15) is 0 Å². The van der Waals surface area contributed by atoms with E-state index in [1.54, 1.807) is 42.7 Å². The Kier molecular flexibility index (Phi) is 7.64. The minimum Gasteiger partial charge on any atom is -0.469 e. The van der Waals surface area contributed by atoms with Crippen molar-refractivity contribution < 1.29 is 8.81 Å². The Bertz CT molecular complexity index is 818. The van der Waals surface area contributed by atoms with E-state index in [0.29, 0.717) is 24.7 Å². The summed E-state index contributed by atoms with van der Waals surface area (Å²) in [5.74, 6) is 1.28. The van der Waals surface area contributed by atoms with E-state index < -0.39 is 0 Å². The molecule has 3 aromatic rings. The summed E-state index contributed by atoms with van der Waals surface area (Å²) in [5, 5.41) is 6.37. The molecule has 6 nitrogen and oxygen atoms in total. The van der Waals surface area contributed by atoms with Crippen molar-refractivity contribution in [3.8, 4) is 5.69 Å². The molecule has 0 saturated heterocycles. The molecular formula is C18H21FIN5O. The lowest BCUT2D eigenvalue weighted by Crippen LogP contribution is -2.37. The molecule has 8 heteroatoms. The van der Waals surface area contributed by atoms with Gasteiger partial charge in [-0.15, -0.1) is 24.0 Å². The highest BCUT2D eigenvalue weighted by Crippen LogP contribution is 2.14. The van der Waals surface area contributed by atoms with Crippen LogP contribution in [0.4, 0.5) is 4.39 Å². The summed E-state index contributed by atoms with van der Waals surface area (Å²) in [5.41, 5.74) is 1.30. The average Bonchev–Trinajstić information content (AvgIpc) is 3.31. The highest BCUT2D eigenvalue weighted by molar-refractivity contribution is 14.0. The maximum absolute atomic E-state index is 14.2. The van der Waals surface area contributed by atoms with Gasteiger partial charge in [-0.1, -0.05) is 6.07 Å². The summed E-state index contributed by atoms with van der Waals surface area (Å²) < 4.78 is 21.2. The molecule has 0 amide bonds. The maximum atomic E-state index is 14.2. The maximum Gasteiger partial charge on any atom is 0.191 e. The molecule has 0 aliphatic rings. The van der Waals surface area contributed by atoms with Crippen LogP contribution in [0.15, 0.2) is 64.7 Å². The number of halogens is 2. The van der Waals surface area contributed by atoms with Crippen LogP contribution in [0.3, 0.4) is 0 Å². The van der Waals surface area contributed by atoms with Crippen molar-refractivity contribution in [1.29, 1.82) is 0 Å². The molecule has 0 unspecified atom stereocenters. The first-order chi connectivity index (χ1) is 12.3. The van der Waals surface area contributed by atoms with E-state index in [0.717, 1.165) is 17.7 Å². The van der Waals surface area contributed by atoms with Gasteiger partial charge in [0.1, 0.15) is 11.6 Å². The summed E-state index contributed by atoms with van der Waals surface area (Å²) in [4.78, 5) is 8.09. The van der Waals surface area contributed by atoms with Gasteiger partial charge in [0.15, 0.2) is 5.96 Å². The van der Waals surface area contributed by atoms with Crippen LogP contribution in [-0.4, -0.2) is 29.1 Å². The normalized spacial score (nSPS) is 11.1. The number of aliphatic imine (C=N–C) groups is 1. The molecule has 1 aromatic carbocycles. The second-order valence-corrected chi connectivity index (χ2v) is 5.44. The monoisotopic (exact) mass is 469 g/mol. The van der Waals surface area contributed by atoms with E-state index in [1.807, 2.05) is 18.2 Å². The number of benzene rings is 1. The molecule has 2 N–H and O–H groups in total. The number of guanidine groups is 1. The minimum atomic E-state index is -0.293. The van der Waals surface area contributed by atoms with E-state index in [1.165, 1.54) is 6.07 Å². The smallest absolute Gasteiger partial charge is 0.191 e. The molecule has 0 atom stereocenters. The first-order valence-electron chi connectivity index (χ1n) is 8.00. The number of nitrogens with one attached hydrogen (secondary N) is 2. The van der Waals surface area contributed by atoms with E-state index in [9.17, 15) is 4.39 Å². The van der Waals surface area contributed by atoms with Crippen molar-refractivity contribution in [3.63, 3.8) is 0 Å². The number of aromatic nitrogens is 2. The summed E-state index contributed by atoms with van der Waals surface area (Å²) in [6.45, 7) is 1.17. The number of rotatable bonds is 6. The zero-order valence-electron chi connectivity index (χ0n) is 14.4. The van der Waals surface area contributed by atoms with Crippen LogP contribution >= 0.6 is 24.0 Å². The number of furan rings is 1. The molecule has 138 valence electrons. The molecule has 3 rings (SSSR count). The van der Waals surface area contributed by atoms with Gasteiger partial charge in [0.2, 0.25) is 0 Å². The molecule has 0 aliphatic carbocycles. The van der Waals surface area contributed by atoms with Gasteiger partial charge in [-0.05, 0) is 29.8 Å². The van der Waals surface area contributed by atoms with Crippen LogP contribution in [0.1, 0.15) is 11.3 Å². The first kappa shape index (κ1) is 20.0. The second kappa shape index (κ2) is 9.95. The van der Waals surface area contributed by atoms with Crippen LogP contribution in [0.25, 0.3) is 5.69 Å². The lowest BCUT2D eigenvalue weighted by molar-refractivity contribution is 0.507. The van der Waals surface area contributed by atoms with Crippen molar-refractivity contribution in [2.45, 2.75) is 13.0 Å². The lowest BCUT2D eigenvalue weighted by Gasteiger charge is -2.12. The molecule has 0 aliphatic heterocycles. The first-order valence-corrected chi connectivity index (χ1v) is 8.00. The van der Waals surface area contributed by atoms with Gasteiger partial charge < -0.3 is 19.6 Å². The number of nitrogens with zero attached hydrogens (tertiary/aromatic N) is 3. The quantitative estimate of drug-likeness (QED) is 0.331. The fraction of sp³-hybridized carbons (Fsp3) is 0.222. The minimum absolute atomic E-state index is 0. The fourth-order valence-corrected chi connectivity index (χ4v) is 2.44. The van der Waals surface area contributed by atoms with Crippen molar-refractivity contribution in [3.05, 3.63) is 72.5 Å². The molecule has 0 spiro atoms. The molecule has 0 saturated carbocycles. The Morgan fingerprint density at radius 1 is 1.31 bits per heavy atom. The Morgan fingerprint density at radius 3 is 2.85 bits per heavy atom. The zero-order valence-corrected chi connectivity index (χ0v) is 16.7. The van der Waals surface area contributed by atoms with Crippen LogP contribution in [0.5, 0.6) is 0 Å². The van der Waals surface area contributed by atoms with Crippen LogP contribution in [0, 0.1) is 5.82 Å². The van der Waals surface area contributed by atoms with Crippen molar-refractivity contribution >= 4 is 29.9 Å². The predicted molar refractivity (Wildman–Crippen MR) is 110 cm³/mol. The Labute approximate surface area is 168 Å². The predicted octanol–water partition coefficient (Wildman–Crippen LogP) is 3.13. The molecule has 2 aromatic heterocycles. The van der Waals surface area contributed by atoms with E-state index >= 15 is 0 Å². The lowest BCUT2D eigenvalue weighted by atomic mass is 10.2. The third-order valence-electron chi connectivity index (χ3n) is 3.72. The van der Waals surface area contributed by atoms with Crippen molar-refractivity contribution in [2.24, 2.45) is 4.99 Å². The van der Waals surface area contributed by atoms with E-state index in [2.05, 4.69) is 20.6 Å². The Hall–Kier alpha value is -2.36. The largest absolute Gasteiger partial charge is 0.469 e. The summed E-state index contributed by atoms with van der Waals surface area (Å²) in [6, 6.07) is 8.92. The van der Waals surface area contributed by atoms with Gasteiger partial charge in [-0.25, -0.2) is 9.37 Å². The van der Waals surface area contributed by atoms with Crippen molar-refractivity contribution in [2.75, 3.05) is 13.6 Å². The third kappa shape index (κ3) is 5.32. The van der Waals surface area contributed by atoms with Gasteiger partial charge in [0.25, 0.3) is 0 Å². The van der Waals surface area contributed by atoms with Crippen LogP contribution < -0.4 is 10.6 Å². The second-order valence-electron chi connectivity index (χ2n) is 5.44. The average molecular weight is 469 g/mol. The topological polar surface area (TPSA) is 67.4 Å². The van der Waals surface area contributed by atoms with Gasteiger partial charge >= 0.3 is 0 Å². The summed E-state index contributed by atoms with van der Waals surface area (Å²) in [6.07, 6.45) is 7.32. The molecule has 2 heterocycles. The van der Waals surface area contributed by atoms with E-state index in [-0.39, 0.29) is 29.8 Å². The van der Waals surface area contributed by atoms with E-state index in [4.69, 9.17) is 4.42 Å². The summed E-state index contributed by atoms with van der Waals surface area (Å²) in [7, 11) is 1.70. The van der Waals surface area contributed by atoms with Gasteiger partial charge in [-0.3, -0.25) is 4.99 Å². The van der Waals surface area contributed by atoms with Crippen LogP contribution in [-0.2, 0) is 13.0 Å². The molecule has 0 bridgehead atoms. The fourth-order valence-electron chi connectivity index (χ4n) is 2.44. The number of hydrogen-bond donors (Lipinski definition) is 2.